The maximum absolute atomic E-state index is 8.62. The van der Waals surface area contributed by atoms with E-state index in [0.29, 0.717) is 5.22 Å². The van der Waals surface area contributed by atoms with Crippen LogP contribution in [0.25, 0.3) is 11.1 Å². The van der Waals surface area contributed by atoms with Crippen LogP contribution in [0.1, 0.15) is 6.42 Å². The lowest BCUT2D eigenvalue weighted by Crippen LogP contribution is -1.84. The molecule has 1 heterocycles. The van der Waals surface area contributed by atoms with Crippen molar-refractivity contribution >= 4 is 22.9 Å². The second-order valence-corrected chi connectivity index (χ2v) is 3.92. The van der Waals surface area contributed by atoms with Gasteiger partial charge in [0.25, 0.3) is 5.22 Å². The van der Waals surface area contributed by atoms with E-state index in [-0.39, 0.29) is 6.61 Å². The predicted octanol–water partition coefficient (Wildman–Crippen LogP) is 2.30. The van der Waals surface area contributed by atoms with E-state index in [2.05, 4.69) is 4.98 Å². The van der Waals surface area contributed by atoms with Crippen LogP contribution < -0.4 is 0 Å². The molecule has 1 aromatic carbocycles. The number of hydrogen-bond donors (Lipinski definition) is 1. The van der Waals surface area contributed by atoms with Gasteiger partial charge in [-0.1, -0.05) is 23.9 Å². The standard InChI is InChI=1S/C10H11NO2S/c12-6-3-7-14-10-11-8-4-1-2-5-9(8)13-10/h1-2,4-5,12H,3,6-7H2. The SMILES string of the molecule is OCCCSc1nc2ccccc2o1. The van der Waals surface area contributed by atoms with Crippen molar-refractivity contribution < 1.29 is 9.52 Å². The third kappa shape index (κ3) is 2.08. The topological polar surface area (TPSA) is 46.3 Å². The van der Waals surface area contributed by atoms with Crippen molar-refractivity contribution in [2.24, 2.45) is 0 Å². The number of para-hydroxylation sites is 2. The van der Waals surface area contributed by atoms with Crippen molar-refractivity contribution in [2.75, 3.05) is 12.4 Å². The molecule has 1 N–H and O–H groups in total. The molecule has 0 bridgehead atoms. The summed E-state index contributed by atoms with van der Waals surface area (Å²) in [6.07, 6.45) is 0.767. The van der Waals surface area contributed by atoms with Crippen LogP contribution in [-0.2, 0) is 0 Å². The number of fused-ring (bicyclic) bond motifs is 1. The largest absolute Gasteiger partial charge is 0.431 e. The molecule has 0 aliphatic heterocycles. The van der Waals surface area contributed by atoms with Crippen LogP contribution in [0.5, 0.6) is 0 Å². The van der Waals surface area contributed by atoms with Crippen LogP contribution in [0.2, 0.25) is 0 Å². The minimum absolute atomic E-state index is 0.216. The monoisotopic (exact) mass is 209 g/mol. The molecule has 3 nitrogen and oxygen atoms in total. The number of rotatable bonds is 4. The van der Waals surface area contributed by atoms with E-state index < -0.39 is 0 Å². The van der Waals surface area contributed by atoms with E-state index in [0.717, 1.165) is 23.3 Å². The fourth-order valence-corrected chi connectivity index (χ4v) is 1.90. The Bertz CT molecular complexity index is 380. The number of hydrogen-bond acceptors (Lipinski definition) is 4. The fraction of sp³-hybridized carbons (Fsp3) is 0.300. The Morgan fingerprint density at radius 2 is 2.21 bits per heavy atom. The maximum Gasteiger partial charge on any atom is 0.256 e. The van der Waals surface area contributed by atoms with E-state index in [1.807, 2.05) is 24.3 Å². The normalized spacial score (nSPS) is 10.9. The molecular weight excluding hydrogens is 198 g/mol. The van der Waals surface area contributed by atoms with Crippen LogP contribution in [0.3, 0.4) is 0 Å². The molecule has 4 heteroatoms. The van der Waals surface area contributed by atoms with Crippen LogP contribution in [-0.4, -0.2) is 22.5 Å². The Balaban J connectivity index is 2.11. The maximum atomic E-state index is 8.62. The van der Waals surface area contributed by atoms with Gasteiger partial charge in [-0.25, -0.2) is 4.98 Å². The van der Waals surface area contributed by atoms with Gasteiger partial charge in [-0.3, -0.25) is 0 Å². The number of aliphatic hydroxyl groups is 1. The Labute approximate surface area is 86.1 Å². The van der Waals surface area contributed by atoms with Gasteiger partial charge in [-0.2, -0.15) is 0 Å². The van der Waals surface area contributed by atoms with E-state index >= 15 is 0 Å². The summed E-state index contributed by atoms with van der Waals surface area (Å²) in [5.74, 6) is 0.837. The smallest absolute Gasteiger partial charge is 0.256 e. The second kappa shape index (κ2) is 4.48. The molecule has 0 fully saturated rings. The number of aliphatic hydroxyl groups excluding tert-OH is 1. The third-order valence-electron chi connectivity index (χ3n) is 1.80. The summed E-state index contributed by atoms with van der Waals surface area (Å²) in [6.45, 7) is 0.216. The average Bonchev–Trinajstić information content (AvgIpc) is 2.60. The predicted molar refractivity (Wildman–Crippen MR) is 56.4 cm³/mol. The molecule has 0 aliphatic rings. The van der Waals surface area contributed by atoms with E-state index in [9.17, 15) is 0 Å². The number of nitrogens with zero attached hydrogens (tertiary/aromatic N) is 1. The molecule has 0 amide bonds. The molecule has 0 atom stereocenters. The molecule has 0 radical (unpaired) electrons. The van der Waals surface area contributed by atoms with Crippen molar-refractivity contribution in [1.82, 2.24) is 4.98 Å². The first-order chi connectivity index (χ1) is 6.90. The molecular formula is C10H11NO2S. The molecule has 0 saturated carbocycles. The highest BCUT2D eigenvalue weighted by Gasteiger charge is 2.04. The molecule has 0 saturated heterocycles. The number of benzene rings is 1. The lowest BCUT2D eigenvalue weighted by molar-refractivity contribution is 0.296. The Kier molecular flexibility index (Phi) is 3.06. The van der Waals surface area contributed by atoms with Crippen molar-refractivity contribution in [1.29, 1.82) is 0 Å². The van der Waals surface area contributed by atoms with Crippen LogP contribution in [0, 0.1) is 0 Å². The lowest BCUT2D eigenvalue weighted by Gasteiger charge is -1.91. The van der Waals surface area contributed by atoms with Gasteiger partial charge >= 0.3 is 0 Å². The summed E-state index contributed by atoms with van der Waals surface area (Å²) in [5.41, 5.74) is 1.71. The second-order valence-electron chi connectivity index (χ2n) is 2.87. The summed E-state index contributed by atoms with van der Waals surface area (Å²) in [5, 5.41) is 9.30. The van der Waals surface area contributed by atoms with Crippen molar-refractivity contribution in [3.8, 4) is 0 Å². The highest BCUT2D eigenvalue weighted by atomic mass is 32.2. The molecule has 0 spiro atoms. The molecule has 0 aliphatic carbocycles. The van der Waals surface area contributed by atoms with Crippen molar-refractivity contribution in [3.05, 3.63) is 24.3 Å². The molecule has 2 aromatic rings. The number of aromatic nitrogens is 1. The van der Waals surface area contributed by atoms with Gasteiger partial charge in [0.1, 0.15) is 5.52 Å². The van der Waals surface area contributed by atoms with Gasteiger partial charge in [-0.15, -0.1) is 0 Å². The Morgan fingerprint density at radius 1 is 1.36 bits per heavy atom. The average molecular weight is 209 g/mol. The first-order valence-corrected chi connectivity index (χ1v) is 5.48. The summed E-state index contributed by atoms with van der Waals surface area (Å²) in [6, 6.07) is 7.69. The van der Waals surface area contributed by atoms with Gasteiger partial charge < -0.3 is 9.52 Å². The van der Waals surface area contributed by atoms with Gasteiger partial charge in [0.05, 0.1) is 0 Å². The first-order valence-electron chi connectivity index (χ1n) is 4.49. The minimum Gasteiger partial charge on any atom is -0.431 e. The third-order valence-corrected chi connectivity index (χ3v) is 2.72. The fourth-order valence-electron chi connectivity index (χ4n) is 1.14. The van der Waals surface area contributed by atoms with Crippen LogP contribution in [0.15, 0.2) is 33.9 Å². The zero-order valence-electron chi connectivity index (χ0n) is 7.64. The zero-order valence-corrected chi connectivity index (χ0v) is 8.46. The quantitative estimate of drug-likeness (QED) is 0.620. The first kappa shape index (κ1) is 9.55. The van der Waals surface area contributed by atoms with E-state index in [1.54, 1.807) is 0 Å². The van der Waals surface area contributed by atoms with Crippen LogP contribution >= 0.6 is 11.8 Å². The van der Waals surface area contributed by atoms with Crippen molar-refractivity contribution in [3.63, 3.8) is 0 Å². The summed E-state index contributed by atoms with van der Waals surface area (Å²) in [4.78, 5) is 4.30. The van der Waals surface area contributed by atoms with Gasteiger partial charge in [-0.05, 0) is 18.6 Å². The summed E-state index contributed by atoms with van der Waals surface area (Å²) >= 11 is 1.53. The minimum atomic E-state index is 0.216. The highest BCUT2D eigenvalue weighted by Crippen LogP contribution is 2.23. The number of thioether (sulfide) groups is 1. The summed E-state index contributed by atoms with van der Waals surface area (Å²) in [7, 11) is 0. The highest BCUT2D eigenvalue weighted by molar-refractivity contribution is 7.99. The zero-order chi connectivity index (χ0) is 9.80. The van der Waals surface area contributed by atoms with E-state index in [1.165, 1.54) is 11.8 Å². The molecule has 2 rings (SSSR count). The summed E-state index contributed by atoms with van der Waals surface area (Å²) < 4.78 is 5.48. The Morgan fingerprint density at radius 3 is 3.00 bits per heavy atom. The Hall–Kier alpha value is -1.00. The number of oxazole rings is 1. The molecule has 1 aromatic heterocycles. The molecule has 14 heavy (non-hydrogen) atoms. The van der Waals surface area contributed by atoms with Crippen molar-refractivity contribution in [2.45, 2.75) is 11.6 Å². The van der Waals surface area contributed by atoms with Gasteiger partial charge in [0.15, 0.2) is 5.58 Å². The molecule has 0 unspecified atom stereocenters. The van der Waals surface area contributed by atoms with Crippen LogP contribution in [0.4, 0.5) is 0 Å². The lowest BCUT2D eigenvalue weighted by atomic mass is 10.3. The van der Waals surface area contributed by atoms with E-state index in [4.69, 9.17) is 9.52 Å². The van der Waals surface area contributed by atoms with Gasteiger partial charge in [0.2, 0.25) is 0 Å². The molecule has 74 valence electrons. The van der Waals surface area contributed by atoms with Gasteiger partial charge in [0, 0.05) is 12.4 Å².